The smallest absolute Gasteiger partial charge is 0.249 e. The van der Waals surface area contributed by atoms with Gasteiger partial charge in [-0.3, -0.25) is 4.79 Å². The maximum Gasteiger partial charge on any atom is 0.249 e. The maximum absolute atomic E-state index is 12.2. The van der Waals surface area contributed by atoms with Crippen LogP contribution in [0.15, 0.2) is 0 Å². The van der Waals surface area contributed by atoms with Gasteiger partial charge in [0.1, 0.15) is 11.9 Å². The van der Waals surface area contributed by atoms with Crippen molar-refractivity contribution in [2.75, 3.05) is 6.61 Å². The van der Waals surface area contributed by atoms with E-state index in [1.54, 1.807) is 6.92 Å². The van der Waals surface area contributed by atoms with E-state index in [1.165, 1.54) is 12.8 Å². The molecule has 0 aromatic carbocycles. The lowest BCUT2D eigenvalue weighted by Gasteiger charge is -2.19. The molecule has 22 heavy (non-hydrogen) atoms. The molecule has 6 heteroatoms. The summed E-state index contributed by atoms with van der Waals surface area (Å²) in [5, 5.41) is 11.6. The molecule has 1 aromatic rings. The van der Waals surface area contributed by atoms with E-state index in [0.717, 1.165) is 31.0 Å². The van der Waals surface area contributed by atoms with Crippen LogP contribution in [0.2, 0.25) is 0 Å². The Morgan fingerprint density at radius 3 is 2.73 bits per heavy atom. The molecular weight excluding hydrogens is 280 g/mol. The third kappa shape index (κ3) is 4.29. The molecule has 124 valence electrons. The van der Waals surface area contributed by atoms with Crippen LogP contribution < -0.4 is 5.32 Å². The number of hydrogen-bond donors (Lipinski definition) is 1. The average Bonchev–Trinajstić information content (AvgIpc) is 2.73. The molecule has 0 saturated carbocycles. The molecule has 1 aliphatic rings. The molecule has 1 aliphatic heterocycles. The number of nitrogens with zero attached hydrogens (tertiary/aromatic N) is 3. The fraction of sp³-hybridized carbons (Fsp3) is 0.812. The van der Waals surface area contributed by atoms with Crippen LogP contribution in [0, 0.1) is 5.92 Å². The first-order valence-corrected chi connectivity index (χ1v) is 8.33. The topological polar surface area (TPSA) is 69.0 Å². The van der Waals surface area contributed by atoms with Gasteiger partial charge in [-0.05, 0) is 32.6 Å². The van der Waals surface area contributed by atoms with E-state index in [2.05, 4.69) is 33.9 Å². The Morgan fingerprint density at radius 1 is 1.23 bits per heavy atom. The van der Waals surface area contributed by atoms with Crippen LogP contribution in [0.3, 0.4) is 0 Å². The quantitative estimate of drug-likeness (QED) is 0.875. The summed E-state index contributed by atoms with van der Waals surface area (Å²) in [6.07, 6.45) is 4.06. The average molecular weight is 308 g/mol. The third-order valence-electron chi connectivity index (χ3n) is 3.93. The highest BCUT2D eigenvalue weighted by Crippen LogP contribution is 2.18. The zero-order valence-corrected chi connectivity index (χ0v) is 14.1. The molecule has 0 radical (unpaired) electrons. The lowest BCUT2D eigenvalue weighted by atomic mass is 10.2. The maximum atomic E-state index is 12.2. The van der Waals surface area contributed by atoms with E-state index in [4.69, 9.17) is 4.74 Å². The minimum atomic E-state index is -0.448. The minimum Gasteiger partial charge on any atom is -0.368 e. The number of nitrogens with one attached hydrogen (secondary N) is 1. The van der Waals surface area contributed by atoms with Crippen molar-refractivity contribution in [1.82, 2.24) is 20.1 Å². The second-order valence-electron chi connectivity index (χ2n) is 6.54. The molecule has 1 aromatic heterocycles. The van der Waals surface area contributed by atoms with Crippen LogP contribution in [0.5, 0.6) is 0 Å². The van der Waals surface area contributed by atoms with E-state index < -0.39 is 6.10 Å². The summed E-state index contributed by atoms with van der Waals surface area (Å²) in [6, 6.07) is -0.156. The van der Waals surface area contributed by atoms with Gasteiger partial charge in [-0.1, -0.05) is 20.3 Å². The number of hydrogen-bond acceptors (Lipinski definition) is 4. The monoisotopic (exact) mass is 308 g/mol. The van der Waals surface area contributed by atoms with Crippen molar-refractivity contribution in [2.45, 2.75) is 72.1 Å². The van der Waals surface area contributed by atoms with Crippen LogP contribution >= 0.6 is 0 Å². The second kappa shape index (κ2) is 7.72. The molecule has 2 heterocycles. The van der Waals surface area contributed by atoms with Gasteiger partial charge in [0.15, 0.2) is 5.82 Å². The predicted molar refractivity (Wildman–Crippen MR) is 84.4 cm³/mol. The number of carbonyl (C=O) groups excluding carboxylic acids is 1. The van der Waals surface area contributed by atoms with Crippen molar-refractivity contribution in [3.8, 4) is 0 Å². The van der Waals surface area contributed by atoms with Crippen LogP contribution in [0.25, 0.3) is 0 Å². The number of aryl methyl sites for hydroxylation is 1. The van der Waals surface area contributed by atoms with E-state index in [9.17, 15) is 4.79 Å². The summed E-state index contributed by atoms with van der Waals surface area (Å²) < 4.78 is 7.73. The first-order valence-electron chi connectivity index (χ1n) is 8.33. The Balaban J connectivity index is 1.96. The van der Waals surface area contributed by atoms with Crippen molar-refractivity contribution in [3.63, 3.8) is 0 Å². The van der Waals surface area contributed by atoms with Crippen molar-refractivity contribution >= 4 is 5.91 Å². The number of ether oxygens (including phenoxy) is 1. The Bertz CT molecular complexity index is 498. The molecule has 0 aliphatic carbocycles. The lowest BCUT2D eigenvalue weighted by Crippen LogP contribution is -2.37. The van der Waals surface area contributed by atoms with Crippen molar-refractivity contribution in [1.29, 1.82) is 0 Å². The first kappa shape index (κ1) is 16.9. The van der Waals surface area contributed by atoms with Gasteiger partial charge in [-0.25, -0.2) is 0 Å². The van der Waals surface area contributed by atoms with Gasteiger partial charge in [0, 0.05) is 19.6 Å². The summed E-state index contributed by atoms with van der Waals surface area (Å²) in [5.74, 6) is 2.21. The Hall–Kier alpha value is -1.43. The third-order valence-corrected chi connectivity index (χ3v) is 3.93. The summed E-state index contributed by atoms with van der Waals surface area (Å²) in [6.45, 7) is 9.40. The van der Waals surface area contributed by atoms with Gasteiger partial charge in [-0.15, -0.1) is 10.2 Å². The standard InChI is InChI=1S/C16H28N4O2/c1-11(2)10-22-13(4)16(21)17-12(3)15-19-18-14-8-6-5-7-9-20(14)15/h11-13H,5-10H2,1-4H3,(H,17,21). The normalized spacial score (nSPS) is 17.7. The largest absolute Gasteiger partial charge is 0.368 e. The molecule has 0 saturated heterocycles. The zero-order valence-electron chi connectivity index (χ0n) is 14.1. The summed E-state index contributed by atoms with van der Waals surface area (Å²) in [4.78, 5) is 12.2. The molecule has 2 atom stereocenters. The molecule has 0 bridgehead atoms. The fourth-order valence-electron chi connectivity index (χ4n) is 2.64. The summed E-state index contributed by atoms with van der Waals surface area (Å²) in [5.41, 5.74) is 0. The Labute approximate surface area is 132 Å². The van der Waals surface area contributed by atoms with Crippen LogP contribution in [0.1, 0.15) is 64.6 Å². The van der Waals surface area contributed by atoms with Crippen molar-refractivity contribution in [2.24, 2.45) is 5.92 Å². The van der Waals surface area contributed by atoms with E-state index >= 15 is 0 Å². The van der Waals surface area contributed by atoms with Gasteiger partial charge < -0.3 is 14.6 Å². The Kier molecular flexibility index (Phi) is 5.94. The van der Waals surface area contributed by atoms with Gasteiger partial charge in [0.2, 0.25) is 5.91 Å². The molecular formula is C16H28N4O2. The van der Waals surface area contributed by atoms with E-state index in [1.807, 2.05) is 6.92 Å². The molecule has 1 N–H and O–H groups in total. The molecule has 6 nitrogen and oxygen atoms in total. The SMILES string of the molecule is CC(C)COC(C)C(=O)NC(C)c1nnc2n1CCCCC2. The number of carbonyl (C=O) groups is 1. The molecule has 1 amide bonds. The lowest BCUT2D eigenvalue weighted by molar-refractivity contribution is -0.133. The van der Waals surface area contributed by atoms with Crippen molar-refractivity contribution < 1.29 is 9.53 Å². The van der Waals surface area contributed by atoms with Gasteiger partial charge in [-0.2, -0.15) is 0 Å². The number of aromatic nitrogens is 3. The summed E-state index contributed by atoms with van der Waals surface area (Å²) >= 11 is 0. The predicted octanol–water partition coefficient (Wildman–Crippen LogP) is 2.24. The molecule has 2 unspecified atom stereocenters. The van der Waals surface area contributed by atoms with Gasteiger partial charge >= 0.3 is 0 Å². The van der Waals surface area contributed by atoms with Crippen LogP contribution in [0.4, 0.5) is 0 Å². The highest BCUT2D eigenvalue weighted by molar-refractivity contribution is 5.80. The summed E-state index contributed by atoms with van der Waals surface area (Å²) in [7, 11) is 0. The highest BCUT2D eigenvalue weighted by atomic mass is 16.5. The van der Waals surface area contributed by atoms with Crippen molar-refractivity contribution in [3.05, 3.63) is 11.6 Å². The van der Waals surface area contributed by atoms with Gasteiger partial charge in [0.25, 0.3) is 0 Å². The zero-order chi connectivity index (χ0) is 16.1. The first-order chi connectivity index (χ1) is 10.5. The Morgan fingerprint density at radius 2 is 2.00 bits per heavy atom. The minimum absolute atomic E-state index is 0.0980. The fourth-order valence-corrected chi connectivity index (χ4v) is 2.64. The van der Waals surface area contributed by atoms with Crippen LogP contribution in [-0.4, -0.2) is 33.4 Å². The van der Waals surface area contributed by atoms with Crippen LogP contribution in [-0.2, 0) is 22.5 Å². The van der Waals surface area contributed by atoms with E-state index in [0.29, 0.717) is 12.5 Å². The second-order valence-corrected chi connectivity index (χ2v) is 6.54. The number of amides is 1. The van der Waals surface area contributed by atoms with Gasteiger partial charge in [0.05, 0.1) is 6.04 Å². The number of fused-ring (bicyclic) bond motifs is 1. The highest BCUT2D eigenvalue weighted by Gasteiger charge is 2.22. The van der Waals surface area contributed by atoms with E-state index in [-0.39, 0.29) is 11.9 Å². The number of rotatable bonds is 6. The molecule has 0 spiro atoms. The molecule has 2 rings (SSSR count). The molecule has 0 fully saturated rings.